The molecule has 2 aromatic rings. The van der Waals surface area contributed by atoms with Gasteiger partial charge in [-0.2, -0.15) is 0 Å². The van der Waals surface area contributed by atoms with Gasteiger partial charge >= 0.3 is 6.09 Å². The monoisotopic (exact) mass is 776 g/mol. The third-order valence-electron chi connectivity index (χ3n) is 8.13. The van der Waals surface area contributed by atoms with Gasteiger partial charge in [0.1, 0.15) is 5.60 Å². The predicted molar refractivity (Wildman–Crippen MR) is 203 cm³/mol. The van der Waals surface area contributed by atoms with Gasteiger partial charge in [-0.05, 0) is 114 Å². The second-order valence-corrected chi connectivity index (χ2v) is 14.6. The van der Waals surface area contributed by atoms with Crippen LogP contribution >= 0.6 is 48.0 Å². The first-order valence-electron chi connectivity index (χ1n) is 16.7. The van der Waals surface area contributed by atoms with E-state index in [9.17, 15) is 9.90 Å². The molecule has 0 aromatic carbocycles. The normalized spacial score (nSPS) is 19.1. The van der Waals surface area contributed by atoms with Crippen LogP contribution in [0.15, 0.2) is 36.7 Å². The lowest BCUT2D eigenvalue weighted by atomic mass is 10.0. The summed E-state index contributed by atoms with van der Waals surface area (Å²) in [4.78, 5) is 22.9. The molecule has 0 radical (unpaired) electrons. The van der Waals surface area contributed by atoms with Crippen molar-refractivity contribution in [1.29, 1.82) is 0 Å². The summed E-state index contributed by atoms with van der Waals surface area (Å²) in [5.74, 6) is -0.495. The maximum atomic E-state index is 12.2. The molecule has 14 heteroatoms. The van der Waals surface area contributed by atoms with Crippen molar-refractivity contribution in [3.63, 3.8) is 0 Å². The van der Waals surface area contributed by atoms with Crippen molar-refractivity contribution in [2.75, 3.05) is 39.4 Å². The van der Waals surface area contributed by atoms with E-state index in [-0.39, 0.29) is 43.6 Å². The third kappa shape index (κ3) is 13.9. The highest BCUT2D eigenvalue weighted by molar-refractivity contribution is 6.32. The van der Waals surface area contributed by atoms with Crippen molar-refractivity contribution in [2.45, 2.75) is 96.7 Å². The Hall–Kier alpha value is -1.99. The van der Waals surface area contributed by atoms with Crippen LogP contribution in [-0.4, -0.2) is 94.2 Å². The van der Waals surface area contributed by atoms with E-state index in [1.54, 1.807) is 11.1 Å². The molecule has 2 atom stereocenters. The molecule has 5 rings (SSSR count). The predicted octanol–water partition coefficient (Wildman–Crippen LogP) is 7.08. The second kappa shape index (κ2) is 20.3. The fourth-order valence-electron chi connectivity index (χ4n) is 5.57. The summed E-state index contributed by atoms with van der Waals surface area (Å²) in [6, 6.07) is 3.88. The number of aliphatic hydroxyl groups is 2. The maximum Gasteiger partial charge on any atom is 0.410 e. The zero-order chi connectivity index (χ0) is 34.9. The van der Waals surface area contributed by atoms with Crippen molar-refractivity contribution in [1.82, 2.24) is 20.2 Å². The molecule has 1 fully saturated rings. The average molecular weight is 779 g/mol. The zero-order valence-electron chi connectivity index (χ0n) is 29.5. The summed E-state index contributed by atoms with van der Waals surface area (Å²) in [6.45, 7) is 12.8. The number of ether oxygens (including phenoxy) is 3. The largest absolute Gasteiger partial charge is 0.444 e. The van der Waals surface area contributed by atoms with Crippen LogP contribution < -0.4 is 5.32 Å². The molecule has 0 bridgehead atoms. The molecule has 3 N–H and O–H groups in total. The first kappa shape index (κ1) is 44.2. The Morgan fingerprint density at radius 1 is 1.06 bits per heavy atom. The zero-order valence-corrected chi connectivity index (χ0v) is 32.7. The van der Waals surface area contributed by atoms with E-state index in [0.717, 1.165) is 60.4 Å². The molecule has 50 heavy (non-hydrogen) atoms. The van der Waals surface area contributed by atoms with Gasteiger partial charge in [-0.15, -0.1) is 24.8 Å². The fraction of sp³-hybridized carbons (Fsp3) is 0.583. The van der Waals surface area contributed by atoms with Gasteiger partial charge in [0, 0.05) is 32.0 Å². The van der Waals surface area contributed by atoms with E-state index >= 15 is 0 Å². The molecule has 0 unspecified atom stereocenters. The molecule has 0 spiro atoms. The summed E-state index contributed by atoms with van der Waals surface area (Å²) in [5, 5.41) is 22.7. The number of nitrogens with one attached hydrogen (secondary N) is 1. The Bertz CT molecular complexity index is 1470. The van der Waals surface area contributed by atoms with E-state index in [1.807, 2.05) is 59.0 Å². The van der Waals surface area contributed by atoms with Crippen molar-refractivity contribution < 1.29 is 29.2 Å². The van der Waals surface area contributed by atoms with Crippen molar-refractivity contribution >= 4 is 65.3 Å². The number of rotatable bonds is 9. The average Bonchev–Trinajstić information content (AvgIpc) is 3.41. The number of aliphatic hydroxyl groups excluding tert-OH is 2. The van der Waals surface area contributed by atoms with Crippen LogP contribution in [0.4, 0.5) is 4.79 Å². The minimum atomic E-state index is -0.675. The number of carbonyl (C=O) groups excluding carboxylic acids is 1. The van der Waals surface area contributed by atoms with Crippen LogP contribution in [0.25, 0.3) is 11.1 Å². The van der Waals surface area contributed by atoms with Gasteiger partial charge in [0.25, 0.3) is 0 Å². The smallest absolute Gasteiger partial charge is 0.410 e. The Kier molecular flexibility index (Phi) is 17.9. The number of nitrogens with zero attached hydrogens (tertiary/aromatic N) is 3. The van der Waals surface area contributed by atoms with Crippen LogP contribution in [0.5, 0.6) is 0 Å². The minimum absolute atomic E-state index is 0. The molecule has 2 aromatic heterocycles. The van der Waals surface area contributed by atoms with Gasteiger partial charge in [0.2, 0.25) is 0 Å². The number of aromatic nitrogens is 2. The number of pyridine rings is 2. The fourth-order valence-corrected chi connectivity index (χ4v) is 6.19. The van der Waals surface area contributed by atoms with Crippen LogP contribution in [-0.2, 0) is 27.1 Å². The van der Waals surface area contributed by atoms with Crippen LogP contribution in [0.1, 0.15) is 82.8 Å². The first-order valence-corrected chi connectivity index (χ1v) is 17.5. The van der Waals surface area contributed by atoms with Crippen molar-refractivity contribution in [3.8, 4) is 0 Å². The lowest BCUT2D eigenvalue weighted by Crippen LogP contribution is -2.39. The molecule has 5 heterocycles. The highest BCUT2D eigenvalue weighted by atomic mass is 35.5. The molecule has 10 nitrogen and oxygen atoms in total. The molecule has 0 saturated carbocycles. The highest BCUT2D eigenvalue weighted by Crippen LogP contribution is 2.30. The Morgan fingerprint density at radius 2 is 1.68 bits per heavy atom. The Balaban J connectivity index is 0.000000361. The Morgan fingerprint density at radius 3 is 2.16 bits per heavy atom. The lowest BCUT2D eigenvalue weighted by Gasteiger charge is -2.29. The third-order valence-corrected chi connectivity index (χ3v) is 8.70. The van der Waals surface area contributed by atoms with E-state index < -0.39 is 17.5 Å². The van der Waals surface area contributed by atoms with Gasteiger partial charge in [-0.3, -0.25) is 9.97 Å². The molecular formula is C36H52Cl4N4O6. The number of amides is 1. The number of hydrogen-bond donors (Lipinski definition) is 3. The summed E-state index contributed by atoms with van der Waals surface area (Å²) in [6.07, 6.45) is 11.5. The van der Waals surface area contributed by atoms with Gasteiger partial charge < -0.3 is 34.6 Å². The number of carbonyl (C=O) groups is 1. The minimum Gasteiger partial charge on any atom is -0.444 e. The Labute approximate surface area is 318 Å². The molecular weight excluding hydrogens is 726 g/mol. The van der Waals surface area contributed by atoms with Crippen molar-refractivity contribution in [3.05, 3.63) is 69.2 Å². The lowest BCUT2D eigenvalue weighted by molar-refractivity contribution is -0.138. The quantitative estimate of drug-likeness (QED) is 0.245. The van der Waals surface area contributed by atoms with Gasteiger partial charge in [-0.25, -0.2) is 4.79 Å². The topological polar surface area (TPSA) is 126 Å². The maximum absolute atomic E-state index is 12.2. The molecule has 3 aliphatic heterocycles. The van der Waals surface area contributed by atoms with Crippen molar-refractivity contribution in [2.24, 2.45) is 0 Å². The summed E-state index contributed by atoms with van der Waals surface area (Å²) in [7, 11) is 0. The van der Waals surface area contributed by atoms with Crippen LogP contribution in [0, 0.1) is 0 Å². The standard InChI is InChI=1S/C22H31ClN2O4.C14H19ClN2O2.2ClH/c1-21(2,3)29-20(26)25-10-8-16(9-11-25)19-18(23)12-15(13-24-19)6-7-17-14-27-22(4,5)28-17;15-13-7-10(1-2-12(19)9-18)8-17-14(13)11-3-5-16-6-4-11;;/h8,12-13,17H,6-7,9-11,14H2,1-5H3;3,7-8,12,16,18-19H,1-2,4-6,9H2;2*1H/t17-;12-;;/m11../s1. The molecule has 280 valence electrons. The number of hydrogen-bond acceptors (Lipinski definition) is 9. The molecule has 0 aliphatic carbocycles. The second-order valence-electron chi connectivity index (χ2n) is 13.8. The van der Waals surface area contributed by atoms with Crippen LogP contribution in [0.3, 0.4) is 0 Å². The van der Waals surface area contributed by atoms with E-state index in [0.29, 0.717) is 49.0 Å². The number of aryl methyl sites for hydroxylation is 2. The molecule has 3 aliphatic rings. The summed E-state index contributed by atoms with van der Waals surface area (Å²) >= 11 is 12.8. The van der Waals surface area contributed by atoms with E-state index in [2.05, 4.69) is 21.4 Å². The van der Waals surface area contributed by atoms with Gasteiger partial charge in [0.05, 0.1) is 46.9 Å². The van der Waals surface area contributed by atoms with E-state index in [4.69, 9.17) is 42.5 Å². The molecule has 1 saturated heterocycles. The van der Waals surface area contributed by atoms with Gasteiger partial charge in [0.15, 0.2) is 5.79 Å². The summed E-state index contributed by atoms with van der Waals surface area (Å²) in [5.41, 5.74) is 5.47. The highest BCUT2D eigenvalue weighted by Gasteiger charge is 2.32. The van der Waals surface area contributed by atoms with Gasteiger partial charge in [-0.1, -0.05) is 35.4 Å². The number of halogens is 4. The van der Waals surface area contributed by atoms with Crippen LogP contribution in [0.2, 0.25) is 10.0 Å². The summed E-state index contributed by atoms with van der Waals surface area (Å²) < 4.78 is 16.9. The molecule has 1 amide bonds. The van der Waals surface area contributed by atoms with E-state index in [1.165, 1.54) is 5.57 Å². The first-order chi connectivity index (χ1) is 22.7. The SMILES string of the molecule is CC(C)(C)OC(=O)N1CC=C(c2ncc(CC[C@@H]3COC(C)(C)O3)cc2Cl)CC1.Cl.Cl.OC[C@H](O)CCc1cnc(C2=CCNCC2)c(Cl)c1.